The van der Waals surface area contributed by atoms with Crippen molar-refractivity contribution in [3.05, 3.63) is 42.0 Å². The lowest BCUT2D eigenvalue weighted by Crippen LogP contribution is -1.95. The number of halogens is 2. The Morgan fingerprint density at radius 3 is 2.61 bits per heavy atom. The summed E-state index contributed by atoms with van der Waals surface area (Å²) in [5, 5.41) is 0.486. The van der Waals surface area contributed by atoms with E-state index in [0.717, 1.165) is 23.9 Å². The molecule has 3 nitrogen and oxygen atoms in total. The van der Waals surface area contributed by atoms with Crippen LogP contribution < -0.4 is 10.5 Å². The Balaban J connectivity index is 2.30. The number of ether oxygens (including phenoxy) is 1. The summed E-state index contributed by atoms with van der Waals surface area (Å²) in [6.07, 6.45) is 0. The van der Waals surface area contributed by atoms with Crippen LogP contribution in [0.15, 0.2) is 40.3 Å². The molecule has 1 aromatic carbocycles. The van der Waals surface area contributed by atoms with E-state index in [1.54, 1.807) is 12.1 Å². The van der Waals surface area contributed by atoms with Gasteiger partial charge in [0.15, 0.2) is 11.6 Å². The zero-order valence-corrected chi connectivity index (χ0v) is 10.3. The number of nitrogen functional groups attached to an aromatic ring is 1. The van der Waals surface area contributed by atoms with Gasteiger partial charge in [0.2, 0.25) is 5.88 Å². The van der Waals surface area contributed by atoms with Gasteiger partial charge in [-0.2, -0.15) is 0 Å². The minimum atomic E-state index is -0.901. The first-order valence-electron chi connectivity index (χ1n) is 5.03. The average molecular weight is 268 g/mol. The maximum Gasteiger partial charge on any atom is 0.214 e. The first-order chi connectivity index (χ1) is 8.60. The molecule has 0 fully saturated rings. The number of nitrogens with zero attached hydrogens (tertiary/aromatic N) is 1. The SMILES string of the molecule is COc1ccc(N)c(Sc2ccc(F)c(F)c2)n1. The summed E-state index contributed by atoms with van der Waals surface area (Å²) in [5.41, 5.74) is 6.20. The summed E-state index contributed by atoms with van der Waals surface area (Å²) in [4.78, 5) is 4.65. The predicted molar refractivity (Wildman–Crippen MR) is 65.7 cm³/mol. The van der Waals surface area contributed by atoms with Gasteiger partial charge in [0.1, 0.15) is 5.03 Å². The molecule has 0 saturated carbocycles. The van der Waals surface area contributed by atoms with Crippen LogP contribution >= 0.6 is 11.8 Å². The average Bonchev–Trinajstić information content (AvgIpc) is 2.36. The third-order valence-electron chi connectivity index (χ3n) is 2.18. The van der Waals surface area contributed by atoms with Crippen molar-refractivity contribution in [3.8, 4) is 5.88 Å². The number of aromatic nitrogens is 1. The van der Waals surface area contributed by atoms with Crippen molar-refractivity contribution >= 4 is 17.4 Å². The number of hydrogen-bond acceptors (Lipinski definition) is 4. The molecule has 0 aliphatic carbocycles. The smallest absolute Gasteiger partial charge is 0.214 e. The van der Waals surface area contributed by atoms with E-state index in [-0.39, 0.29) is 0 Å². The summed E-state index contributed by atoms with van der Waals surface area (Å²) in [6.45, 7) is 0. The molecule has 2 N–H and O–H groups in total. The number of hydrogen-bond donors (Lipinski definition) is 1. The Morgan fingerprint density at radius 2 is 1.94 bits per heavy atom. The van der Waals surface area contributed by atoms with Crippen molar-refractivity contribution in [2.24, 2.45) is 0 Å². The van der Waals surface area contributed by atoms with E-state index in [4.69, 9.17) is 10.5 Å². The number of anilines is 1. The van der Waals surface area contributed by atoms with Crippen molar-refractivity contribution in [1.82, 2.24) is 4.98 Å². The first-order valence-corrected chi connectivity index (χ1v) is 5.85. The van der Waals surface area contributed by atoms with Gasteiger partial charge in [-0.15, -0.1) is 0 Å². The van der Waals surface area contributed by atoms with E-state index >= 15 is 0 Å². The van der Waals surface area contributed by atoms with Gasteiger partial charge >= 0.3 is 0 Å². The molecule has 0 radical (unpaired) electrons. The molecule has 18 heavy (non-hydrogen) atoms. The van der Waals surface area contributed by atoms with E-state index in [9.17, 15) is 8.78 Å². The lowest BCUT2D eigenvalue weighted by molar-refractivity contribution is 0.395. The molecule has 2 rings (SSSR count). The molecule has 0 spiro atoms. The molecule has 2 aromatic rings. The molecule has 0 aliphatic rings. The number of rotatable bonds is 3. The van der Waals surface area contributed by atoms with Crippen LogP contribution in [0.3, 0.4) is 0 Å². The molecule has 0 amide bonds. The van der Waals surface area contributed by atoms with E-state index in [2.05, 4.69) is 4.98 Å². The molecular weight excluding hydrogens is 258 g/mol. The third-order valence-corrected chi connectivity index (χ3v) is 3.19. The molecule has 0 aliphatic heterocycles. The summed E-state index contributed by atoms with van der Waals surface area (Å²) in [5.74, 6) is -1.37. The predicted octanol–water partition coefficient (Wildman–Crippen LogP) is 3.10. The molecule has 1 aromatic heterocycles. The van der Waals surface area contributed by atoms with E-state index < -0.39 is 11.6 Å². The van der Waals surface area contributed by atoms with Crippen LogP contribution in [0.5, 0.6) is 5.88 Å². The highest BCUT2D eigenvalue weighted by atomic mass is 32.2. The highest BCUT2D eigenvalue weighted by Gasteiger charge is 2.08. The largest absolute Gasteiger partial charge is 0.481 e. The van der Waals surface area contributed by atoms with Crippen LogP contribution in [0.25, 0.3) is 0 Å². The van der Waals surface area contributed by atoms with Gasteiger partial charge in [-0.3, -0.25) is 0 Å². The number of pyridine rings is 1. The van der Waals surface area contributed by atoms with Gasteiger partial charge in [0.25, 0.3) is 0 Å². The van der Waals surface area contributed by atoms with E-state index in [1.807, 2.05) is 0 Å². The van der Waals surface area contributed by atoms with Crippen LogP contribution in [0.1, 0.15) is 0 Å². The Bertz CT molecular complexity index is 578. The molecule has 6 heteroatoms. The molecule has 1 heterocycles. The van der Waals surface area contributed by atoms with Gasteiger partial charge in [0, 0.05) is 11.0 Å². The second-order valence-electron chi connectivity index (χ2n) is 3.43. The van der Waals surface area contributed by atoms with Crippen LogP contribution in [0.4, 0.5) is 14.5 Å². The lowest BCUT2D eigenvalue weighted by atomic mass is 10.3. The fourth-order valence-corrected chi connectivity index (χ4v) is 2.12. The highest BCUT2D eigenvalue weighted by Crippen LogP contribution is 2.32. The number of methoxy groups -OCH3 is 1. The number of nitrogens with two attached hydrogens (primary N) is 1. The quantitative estimate of drug-likeness (QED) is 0.929. The monoisotopic (exact) mass is 268 g/mol. The van der Waals surface area contributed by atoms with E-state index in [0.29, 0.717) is 21.5 Å². The maximum absolute atomic E-state index is 13.1. The van der Waals surface area contributed by atoms with E-state index in [1.165, 1.54) is 13.2 Å². The Kier molecular flexibility index (Phi) is 3.66. The van der Waals surface area contributed by atoms with Crippen molar-refractivity contribution in [1.29, 1.82) is 0 Å². The number of benzene rings is 1. The third kappa shape index (κ3) is 2.70. The molecule has 0 atom stereocenters. The van der Waals surface area contributed by atoms with Crippen LogP contribution in [0, 0.1) is 11.6 Å². The van der Waals surface area contributed by atoms with Crippen molar-refractivity contribution in [2.45, 2.75) is 9.92 Å². The standard InChI is InChI=1S/C12H10F2N2OS/c1-17-11-5-4-10(15)12(16-11)18-7-2-3-8(13)9(14)6-7/h2-6H,15H2,1H3. The maximum atomic E-state index is 13.1. The molecular formula is C12H10F2N2OS. The molecule has 0 bridgehead atoms. The van der Waals surface area contributed by atoms with Crippen molar-refractivity contribution in [2.75, 3.05) is 12.8 Å². The minimum absolute atomic E-state index is 0.411. The summed E-state index contributed by atoms with van der Waals surface area (Å²) in [7, 11) is 1.49. The van der Waals surface area contributed by atoms with Gasteiger partial charge in [-0.1, -0.05) is 11.8 Å². The van der Waals surface area contributed by atoms with Gasteiger partial charge in [-0.25, -0.2) is 13.8 Å². The zero-order valence-electron chi connectivity index (χ0n) is 9.48. The van der Waals surface area contributed by atoms with Gasteiger partial charge in [0.05, 0.1) is 12.8 Å². The summed E-state index contributed by atoms with van der Waals surface area (Å²) >= 11 is 1.14. The van der Waals surface area contributed by atoms with Crippen LogP contribution in [0.2, 0.25) is 0 Å². The van der Waals surface area contributed by atoms with Crippen molar-refractivity contribution < 1.29 is 13.5 Å². The minimum Gasteiger partial charge on any atom is -0.481 e. The first kappa shape index (κ1) is 12.6. The second-order valence-corrected chi connectivity index (χ2v) is 4.49. The second kappa shape index (κ2) is 5.22. The van der Waals surface area contributed by atoms with Crippen LogP contribution in [-0.4, -0.2) is 12.1 Å². The summed E-state index contributed by atoms with van der Waals surface area (Å²) < 4.78 is 30.8. The Hall–Kier alpha value is -1.82. The Morgan fingerprint density at radius 1 is 1.17 bits per heavy atom. The fraction of sp³-hybridized carbons (Fsp3) is 0.0833. The summed E-state index contributed by atoms with van der Waals surface area (Å²) in [6, 6.07) is 6.90. The molecule has 94 valence electrons. The zero-order chi connectivity index (χ0) is 13.1. The van der Waals surface area contributed by atoms with Gasteiger partial charge in [-0.05, 0) is 24.3 Å². The molecule has 0 unspecified atom stereocenters. The lowest BCUT2D eigenvalue weighted by Gasteiger charge is -2.06. The normalized spacial score (nSPS) is 10.4. The topological polar surface area (TPSA) is 48.1 Å². The van der Waals surface area contributed by atoms with Crippen molar-refractivity contribution in [3.63, 3.8) is 0 Å². The van der Waals surface area contributed by atoms with Gasteiger partial charge < -0.3 is 10.5 Å². The van der Waals surface area contributed by atoms with Crippen LogP contribution in [-0.2, 0) is 0 Å². The highest BCUT2D eigenvalue weighted by molar-refractivity contribution is 7.99. The fourth-order valence-electron chi connectivity index (χ4n) is 1.28. The molecule has 0 saturated heterocycles. The Labute approximate surface area is 107 Å².